The molecule has 0 atom stereocenters. The van der Waals surface area contributed by atoms with Crippen molar-refractivity contribution in [1.82, 2.24) is 9.62 Å². The van der Waals surface area contributed by atoms with E-state index in [-0.39, 0.29) is 22.9 Å². The minimum absolute atomic E-state index is 0.0419. The van der Waals surface area contributed by atoms with Crippen molar-refractivity contribution in [2.24, 2.45) is 0 Å². The molecule has 1 aliphatic rings. The van der Waals surface area contributed by atoms with Crippen molar-refractivity contribution in [3.8, 4) is 0 Å². The van der Waals surface area contributed by atoms with Crippen molar-refractivity contribution < 1.29 is 13.2 Å². The number of hydrogen-bond acceptors (Lipinski definition) is 5. The Labute approximate surface area is 184 Å². The van der Waals surface area contributed by atoms with Crippen molar-refractivity contribution in [2.45, 2.75) is 18.7 Å². The quantitative estimate of drug-likeness (QED) is 0.615. The summed E-state index contributed by atoms with van der Waals surface area (Å²) in [5.74, 6) is -0.354. The number of amides is 1. The second-order valence-corrected chi connectivity index (χ2v) is 9.31. The van der Waals surface area contributed by atoms with Crippen molar-refractivity contribution in [3.63, 3.8) is 0 Å². The van der Waals surface area contributed by atoms with Gasteiger partial charge in [0.2, 0.25) is 10.0 Å². The van der Waals surface area contributed by atoms with Gasteiger partial charge in [0, 0.05) is 49.7 Å². The smallest absolute Gasteiger partial charge is 0.255 e. The Morgan fingerprint density at radius 2 is 1.87 bits per heavy atom. The van der Waals surface area contributed by atoms with E-state index >= 15 is 0 Å². The topological polar surface area (TPSA) is 81.7 Å². The predicted octanol–water partition coefficient (Wildman–Crippen LogP) is 2.85. The lowest BCUT2D eigenvalue weighted by Gasteiger charge is -2.35. The van der Waals surface area contributed by atoms with Crippen LogP contribution in [0.1, 0.15) is 22.8 Å². The summed E-state index contributed by atoms with van der Waals surface area (Å²) < 4.78 is 27.0. The molecule has 0 aliphatic carbocycles. The summed E-state index contributed by atoms with van der Waals surface area (Å²) in [4.78, 5) is 17.6. The molecular weight excluding hydrogens is 412 g/mol. The van der Waals surface area contributed by atoms with Crippen LogP contribution in [0, 0.1) is 6.92 Å². The highest BCUT2D eigenvalue weighted by Crippen LogP contribution is 2.24. The summed E-state index contributed by atoms with van der Waals surface area (Å²) in [6.07, 6.45) is 1.46. The average Bonchev–Trinajstić information content (AvgIpc) is 2.79. The highest BCUT2D eigenvalue weighted by molar-refractivity contribution is 7.89. The number of piperazine rings is 1. The third-order valence-electron chi connectivity index (χ3n) is 5.47. The highest BCUT2D eigenvalue weighted by atomic mass is 32.2. The largest absolute Gasteiger partial charge is 0.369 e. The standard InChI is InChI=1S/C23H30N4O3S/c1-4-11-24-31(29,30)21-8-6-7-19(17-21)23(28)25-22-10-9-20(16-18(22)3)27-14-12-26(5-2)13-15-27/h4,6-10,16-17,24H,1,5,11-15H2,2-3H3,(H,25,28). The number of hydrogen-bond donors (Lipinski definition) is 2. The Balaban J connectivity index is 1.71. The Bertz CT molecular complexity index is 1040. The number of carbonyl (C=O) groups is 1. The van der Waals surface area contributed by atoms with E-state index in [1.165, 1.54) is 18.2 Å². The number of nitrogens with one attached hydrogen (secondary N) is 2. The molecule has 1 amide bonds. The molecule has 3 rings (SSSR count). The first-order chi connectivity index (χ1) is 14.8. The van der Waals surface area contributed by atoms with Crippen molar-refractivity contribution >= 4 is 27.3 Å². The van der Waals surface area contributed by atoms with Gasteiger partial charge < -0.3 is 15.1 Å². The molecule has 0 saturated carbocycles. The Morgan fingerprint density at radius 1 is 1.13 bits per heavy atom. The minimum atomic E-state index is -3.69. The lowest BCUT2D eigenvalue weighted by atomic mass is 10.1. The van der Waals surface area contributed by atoms with E-state index in [2.05, 4.69) is 39.4 Å². The van der Waals surface area contributed by atoms with Crippen LogP contribution in [0.5, 0.6) is 0 Å². The molecule has 0 bridgehead atoms. The van der Waals surface area contributed by atoms with Gasteiger partial charge in [-0.2, -0.15) is 0 Å². The van der Waals surface area contributed by atoms with Crippen LogP contribution in [0.25, 0.3) is 0 Å². The van der Waals surface area contributed by atoms with Gasteiger partial charge in [0.1, 0.15) is 0 Å². The van der Waals surface area contributed by atoms with Gasteiger partial charge >= 0.3 is 0 Å². The van der Waals surface area contributed by atoms with Crippen LogP contribution >= 0.6 is 0 Å². The van der Waals surface area contributed by atoms with Gasteiger partial charge in [-0.25, -0.2) is 13.1 Å². The fourth-order valence-corrected chi connectivity index (χ4v) is 4.60. The molecule has 0 unspecified atom stereocenters. The van der Waals surface area contributed by atoms with Crippen molar-refractivity contribution in [1.29, 1.82) is 0 Å². The van der Waals surface area contributed by atoms with Crippen LogP contribution in [-0.2, 0) is 10.0 Å². The second kappa shape index (κ2) is 10.1. The number of aryl methyl sites for hydroxylation is 1. The third-order valence-corrected chi connectivity index (χ3v) is 6.89. The van der Waals surface area contributed by atoms with E-state index in [1.807, 2.05) is 19.1 Å². The van der Waals surface area contributed by atoms with Gasteiger partial charge in [0.05, 0.1) is 4.90 Å². The first kappa shape index (κ1) is 23.0. The van der Waals surface area contributed by atoms with Gasteiger partial charge in [0.25, 0.3) is 5.91 Å². The maximum absolute atomic E-state index is 12.8. The van der Waals surface area contributed by atoms with E-state index in [9.17, 15) is 13.2 Å². The molecule has 7 nitrogen and oxygen atoms in total. The van der Waals surface area contributed by atoms with E-state index in [4.69, 9.17) is 0 Å². The van der Waals surface area contributed by atoms with E-state index in [1.54, 1.807) is 12.1 Å². The monoisotopic (exact) mass is 442 g/mol. The SMILES string of the molecule is C=CCNS(=O)(=O)c1cccc(C(=O)Nc2ccc(N3CCN(CC)CC3)cc2C)c1. The molecule has 2 aromatic rings. The lowest BCUT2D eigenvalue weighted by molar-refractivity contribution is 0.102. The number of nitrogens with zero attached hydrogens (tertiary/aromatic N) is 2. The van der Waals surface area contributed by atoms with Crippen LogP contribution in [-0.4, -0.2) is 58.5 Å². The van der Waals surface area contributed by atoms with Crippen LogP contribution < -0.4 is 14.9 Å². The molecule has 166 valence electrons. The van der Waals surface area contributed by atoms with Gasteiger partial charge in [-0.3, -0.25) is 4.79 Å². The van der Waals surface area contributed by atoms with Crippen LogP contribution in [0.4, 0.5) is 11.4 Å². The molecule has 31 heavy (non-hydrogen) atoms. The zero-order valence-corrected chi connectivity index (χ0v) is 18.9. The molecule has 2 N–H and O–H groups in total. The van der Waals surface area contributed by atoms with Crippen LogP contribution in [0.2, 0.25) is 0 Å². The number of benzene rings is 2. The normalized spacial score (nSPS) is 15.0. The van der Waals surface area contributed by atoms with Crippen molar-refractivity contribution in [2.75, 3.05) is 49.5 Å². The first-order valence-corrected chi connectivity index (χ1v) is 11.9. The Morgan fingerprint density at radius 3 is 2.52 bits per heavy atom. The predicted molar refractivity (Wildman–Crippen MR) is 125 cm³/mol. The fraction of sp³-hybridized carbons (Fsp3) is 0.348. The molecule has 0 radical (unpaired) electrons. The summed E-state index contributed by atoms with van der Waals surface area (Å²) in [5, 5.41) is 2.90. The zero-order chi connectivity index (χ0) is 22.4. The first-order valence-electron chi connectivity index (χ1n) is 10.4. The van der Waals surface area contributed by atoms with Crippen LogP contribution in [0.3, 0.4) is 0 Å². The number of sulfonamides is 1. The molecular formula is C23H30N4O3S. The number of rotatable bonds is 8. The summed E-state index contributed by atoms with van der Waals surface area (Å²) in [6.45, 7) is 12.9. The Hall–Kier alpha value is -2.68. The van der Waals surface area contributed by atoms with Gasteiger partial charge in [0.15, 0.2) is 0 Å². The summed E-state index contributed by atoms with van der Waals surface area (Å²) in [5.41, 5.74) is 3.09. The van der Waals surface area contributed by atoms with Gasteiger partial charge in [-0.1, -0.05) is 19.1 Å². The number of carbonyl (C=O) groups excluding carboxylic acids is 1. The molecule has 2 aromatic carbocycles. The molecule has 1 saturated heterocycles. The summed E-state index contributed by atoms with van der Waals surface area (Å²) in [7, 11) is -3.69. The number of likely N-dealkylation sites (N-methyl/N-ethyl adjacent to an activating group) is 1. The van der Waals surface area contributed by atoms with Crippen molar-refractivity contribution in [3.05, 3.63) is 66.2 Å². The molecule has 1 heterocycles. The minimum Gasteiger partial charge on any atom is -0.369 e. The molecule has 0 spiro atoms. The number of anilines is 2. The summed E-state index contributed by atoms with van der Waals surface area (Å²) in [6, 6.07) is 12.0. The van der Waals surface area contributed by atoms with Crippen LogP contribution in [0.15, 0.2) is 60.0 Å². The molecule has 1 fully saturated rings. The summed E-state index contributed by atoms with van der Waals surface area (Å²) >= 11 is 0. The second-order valence-electron chi connectivity index (χ2n) is 7.54. The van der Waals surface area contributed by atoms with Gasteiger partial charge in [-0.05, 0) is 55.4 Å². The molecule has 0 aromatic heterocycles. The fourth-order valence-electron chi connectivity index (χ4n) is 3.56. The van der Waals surface area contributed by atoms with E-state index < -0.39 is 10.0 Å². The lowest BCUT2D eigenvalue weighted by Crippen LogP contribution is -2.46. The third kappa shape index (κ3) is 5.72. The maximum atomic E-state index is 12.8. The molecule has 1 aliphatic heterocycles. The highest BCUT2D eigenvalue weighted by Gasteiger charge is 2.18. The Kier molecular flexibility index (Phi) is 7.48. The molecule has 8 heteroatoms. The van der Waals surface area contributed by atoms with E-state index in [0.29, 0.717) is 5.69 Å². The maximum Gasteiger partial charge on any atom is 0.255 e. The zero-order valence-electron chi connectivity index (χ0n) is 18.1. The average molecular weight is 443 g/mol. The van der Waals surface area contributed by atoms with E-state index in [0.717, 1.165) is 44.0 Å². The van der Waals surface area contributed by atoms with Gasteiger partial charge in [-0.15, -0.1) is 6.58 Å².